The molecule has 1 aliphatic carbocycles. The number of morpholine rings is 1. The van der Waals surface area contributed by atoms with Gasteiger partial charge in [0.1, 0.15) is 11.5 Å². The molecule has 3 fully saturated rings. The standard InChI is InChI=1S/C26H29N3O5S/c1-16-21(26(33)28-11-13-34-14-12-28)23(35-22(16)17-7-3-2-4-8-17)27-20(30)15-29-24(31)18-9-5-6-10-19(18)25(29)32/h2-4,7-8,18-19H,5-6,9-15H2,1H3,(H,27,30)/t18-,19-/m1/s1. The van der Waals surface area contributed by atoms with Crippen LogP contribution in [0.15, 0.2) is 30.3 Å². The molecule has 3 heterocycles. The van der Waals surface area contributed by atoms with Gasteiger partial charge in [-0.1, -0.05) is 43.2 Å². The van der Waals surface area contributed by atoms with E-state index in [1.807, 2.05) is 37.3 Å². The van der Waals surface area contributed by atoms with Crippen LogP contribution < -0.4 is 5.32 Å². The number of carbonyl (C=O) groups excluding carboxylic acids is 4. The van der Waals surface area contributed by atoms with E-state index in [-0.39, 0.29) is 36.1 Å². The minimum atomic E-state index is -0.470. The molecule has 8 nitrogen and oxygen atoms in total. The van der Waals surface area contributed by atoms with Crippen molar-refractivity contribution in [3.63, 3.8) is 0 Å². The van der Waals surface area contributed by atoms with Crippen molar-refractivity contribution in [3.05, 3.63) is 41.5 Å². The predicted molar refractivity (Wildman–Crippen MR) is 132 cm³/mol. The molecule has 5 rings (SSSR count). The summed E-state index contributed by atoms with van der Waals surface area (Å²) in [5.41, 5.74) is 2.21. The number of imide groups is 1. The molecular weight excluding hydrogens is 466 g/mol. The summed E-state index contributed by atoms with van der Waals surface area (Å²) in [6.07, 6.45) is 3.28. The highest BCUT2D eigenvalue weighted by atomic mass is 32.1. The Bertz CT molecular complexity index is 1130. The first-order chi connectivity index (χ1) is 17.0. The zero-order valence-corrected chi connectivity index (χ0v) is 20.6. The minimum Gasteiger partial charge on any atom is -0.378 e. The van der Waals surface area contributed by atoms with E-state index in [0.717, 1.165) is 33.7 Å². The lowest BCUT2D eigenvalue weighted by Gasteiger charge is -2.27. The smallest absolute Gasteiger partial charge is 0.257 e. The van der Waals surface area contributed by atoms with Gasteiger partial charge < -0.3 is 15.0 Å². The fourth-order valence-corrected chi connectivity index (χ4v) is 6.57. The number of thiophene rings is 1. The second-order valence-corrected chi connectivity index (χ2v) is 10.4. The van der Waals surface area contributed by atoms with Crippen LogP contribution in [0, 0.1) is 18.8 Å². The number of nitrogens with one attached hydrogen (secondary N) is 1. The molecule has 0 bridgehead atoms. The Morgan fingerprint density at radius 3 is 2.29 bits per heavy atom. The Kier molecular flexibility index (Phi) is 6.71. The zero-order chi connectivity index (χ0) is 24.5. The number of fused-ring (bicyclic) bond motifs is 1. The van der Waals surface area contributed by atoms with Crippen molar-refractivity contribution in [3.8, 4) is 10.4 Å². The number of carbonyl (C=O) groups is 4. The average Bonchev–Trinajstić information content (AvgIpc) is 3.33. The van der Waals surface area contributed by atoms with Crippen LogP contribution in [-0.4, -0.2) is 66.3 Å². The van der Waals surface area contributed by atoms with Crippen LogP contribution in [-0.2, 0) is 19.1 Å². The summed E-state index contributed by atoms with van der Waals surface area (Å²) < 4.78 is 5.39. The highest BCUT2D eigenvalue weighted by Crippen LogP contribution is 2.41. The lowest BCUT2D eigenvalue weighted by Crippen LogP contribution is -2.41. The average molecular weight is 496 g/mol. The van der Waals surface area contributed by atoms with Gasteiger partial charge in [-0.2, -0.15) is 0 Å². The summed E-state index contributed by atoms with van der Waals surface area (Å²) in [5, 5.41) is 3.31. The maximum Gasteiger partial charge on any atom is 0.257 e. The zero-order valence-electron chi connectivity index (χ0n) is 19.7. The molecule has 0 unspecified atom stereocenters. The first-order valence-corrected chi connectivity index (χ1v) is 13.0. The van der Waals surface area contributed by atoms with Crippen molar-refractivity contribution in [2.45, 2.75) is 32.6 Å². The van der Waals surface area contributed by atoms with Crippen molar-refractivity contribution < 1.29 is 23.9 Å². The number of rotatable bonds is 5. The number of anilines is 1. The van der Waals surface area contributed by atoms with Gasteiger partial charge in [0, 0.05) is 18.0 Å². The van der Waals surface area contributed by atoms with Crippen LogP contribution in [0.4, 0.5) is 5.00 Å². The van der Waals surface area contributed by atoms with Gasteiger partial charge in [0.2, 0.25) is 17.7 Å². The maximum absolute atomic E-state index is 13.5. The van der Waals surface area contributed by atoms with Gasteiger partial charge in [0.25, 0.3) is 5.91 Å². The van der Waals surface area contributed by atoms with Crippen molar-refractivity contribution in [1.82, 2.24) is 9.80 Å². The maximum atomic E-state index is 13.5. The third-order valence-corrected chi connectivity index (χ3v) is 8.44. The number of nitrogens with zero attached hydrogens (tertiary/aromatic N) is 2. The quantitative estimate of drug-likeness (QED) is 0.642. The fraction of sp³-hybridized carbons (Fsp3) is 0.462. The van der Waals surface area contributed by atoms with Crippen molar-refractivity contribution >= 4 is 40.0 Å². The molecule has 2 saturated heterocycles. The van der Waals surface area contributed by atoms with Gasteiger partial charge in [-0.3, -0.25) is 24.1 Å². The van der Waals surface area contributed by atoms with Crippen molar-refractivity contribution in [2.24, 2.45) is 11.8 Å². The molecule has 2 aromatic rings. The molecule has 35 heavy (non-hydrogen) atoms. The minimum absolute atomic E-state index is 0.154. The highest BCUT2D eigenvalue weighted by molar-refractivity contribution is 7.20. The molecule has 1 N–H and O–H groups in total. The van der Waals surface area contributed by atoms with E-state index < -0.39 is 5.91 Å². The molecule has 9 heteroatoms. The molecule has 1 aromatic heterocycles. The third-order valence-electron chi connectivity index (χ3n) is 7.18. The molecule has 1 aromatic carbocycles. The van der Waals surface area contributed by atoms with Crippen LogP contribution in [0.3, 0.4) is 0 Å². The monoisotopic (exact) mass is 495 g/mol. The molecule has 3 aliphatic rings. The van der Waals surface area contributed by atoms with Gasteiger partial charge in [-0.05, 0) is 30.9 Å². The SMILES string of the molecule is Cc1c(-c2ccccc2)sc(NC(=O)CN2C(=O)[C@@H]3CCCC[C@H]3C2=O)c1C(=O)N1CCOCC1. The lowest BCUT2D eigenvalue weighted by atomic mass is 9.81. The Hall–Kier alpha value is -3.04. The summed E-state index contributed by atoms with van der Waals surface area (Å²) in [4.78, 5) is 56.0. The van der Waals surface area contributed by atoms with Gasteiger partial charge in [0.15, 0.2) is 0 Å². The van der Waals surface area contributed by atoms with Crippen molar-refractivity contribution in [1.29, 1.82) is 0 Å². The summed E-state index contributed by atoms with van der Waals surface area (Å²) in [6.45, 7) is 3.49. The van der Waals surface area contributed by atoms with E-state index in [4.69, 9.17) is 4.74 Å². The van der Waals surface area contributed by atoms with E-state index in [9.17, 15) is 19.2 Å². The normalized spacial score (nSPS) is 22.3. The van der Waals surface area contributed by atoms with Crippen LogP contribution in [0.1, 0.15) is 41.6 Å². The van der Waals surface area contributed by atoms with E-state index in [2.05, 4.69) is 5.32 Å². The molecule has 1 saturated carbocycles. The topological polar surface area (TPSA) is 96.0 Å². The van der Waals surface area contributed by atoms with Gasteiger partial charge >= 0.3 is 0 Å². The second-order valence-electron chi connectivity index (χ2n) is 9.34. The Morgan fingerprint density at radius 1 is 1.03 bits per heavy atom. The fourth-order valence-electron chi connectivity index (χ4n) is 5.35. The molecule has 0 spiro atoms. The molecule has 184 valence electrons. The number of benzene rings is 1. The van der Waals surface area contributed by atoms with E-state index in [1.54, 1.807) is 4.90 Å². The Balaban J connectivity index is 1.41. The summed E-state index contributed by atoms with van der Waals surface area (Å²) in [6, 6.07) is 9.73. The van der Waals surface area contributed by atoms with E-state index >= 15 is 0 Å². The molecule has 2 aliphatic heterocycles. The number of ether oxygens (including phenoxy) is 1. The van der Waals surface area contributed by atoms with Crippen LogP contribution in [0.2, 0.25) is 0 Å². The predicted octanol–water partition coefficient (Wildman–Crippen LogP) is 3.31. The van der Waals surface area contributed by atoms with Crippen molar-refractivity contribution in [2.75, 3.05) is 38.2 Å². The molecule has 0 radical (unpaired) electrons. The first kappa shape index (κ1) is 23.7. The van der Waals surface area contributed by atoms with E-state index in [0.29, 0.717) is 49.7 Å². The summed E-state index contributed by atoms with van der Waals surface area (Å²) in [7, 11) is 0. The molecule has 2 atom stereocenters. The highest BCUT2D eigenvalue weighted by Gasteiger charge is 2.48. The van der Waals surface area contributed by atoms with Crippen LogP contribution >= 0.6 is 11.3 Å². The molecule has 4 amide bonds. The van der Waals surface area contributed by atoms with Gasteiger partial charge in [0.05, 0.1) is 30.6 Å². The Labute approximate surface area is 208 Å². The second kappa shape index (κ2) is 9.91. The Morgan fingerprint density at radius 2 is 1.66 bits per heavy atom. The number of hydrogen-bond donors (Lipinski definition) is 1. The first-order valence-electron chi connectivity index (χ1n) is 12.2. The summed E-state index contributed by atoms with van der Waals surface area (Å²) in [5.74, 6) is -1.70. The largest absolute Gasteiger partial charge is 0.378 e. The molecular formula is C26H29N3O5S. The van der Waals surface area contributed by atoms with Gasteiger partial charge in [-0.15, -0.1) is 11.3 Å². The van der Waals surface area contributed by atoms with Crippen LogP contribution in [0.5, 0.6) is 0 Å². The number of amides is 4. The number of likely N-dealkylation sites (tertiary alicyclic amines) is 1. The van der Waals surface area contributed by atoms with Crippen LogP contribution in [0.25, 0.3) is 10.4 Å². The summed E-state index contributed by atoms with van der Waals surface area (Å²) >= 11 is 1.34. The van der Waals surface area contributed by atoms with E-state index in [1.165, 1.54) is 11.3 Å². The van der Waals surface area contributed by atoms with Gasteiger partial charge in [-0.25, -0.2) is 0 Å². The lowest BCUT2D eigenvalue weighted by molar-refractivity contribution is -0.142. The number of hydrogen-bond acceptors (Lipinski definition) is 6. The third kappa shape index (κ3) is 4.50.